The van der Waals surface area contributed by atoms with E-state index < -0.39 is 0 Å². The molecule has 0 spiro atoms. The lowest BCUT2D eigenvalue weighted by Crippen LogP contribution is -2.27. The molecule has 18 heavy (non-hydrogen) atoms. The van der Waals surface area contributed by atoms with Crippen molar-refractivity contribution >= 4 is 34.5 Å². The van der Waals surface area contributed by atoms with E-state index in [0.717, 1.165) is 4.88 Å². The van der Waals surface area contributed by atoms with Gasteiger partial charge in [-0.25, -0.2) is 0 Å². The Bertz CT molecular complexity index is 516. The fourth-order valence-electron chi connectivity index (χ4n) is 1.39. The van der Waals surface area contributed by atoms with Gasteiger partial charge in [-0.05, 0) is 12.1 Å². The Morgan fingerprint density at radius 2 is 2.22 bits per heavy atom. The molecule has 0 fully saturated rings. The maximum atomic E-state index is 11.6. The lowest BCUT2D eigenvalue weighted by atomic mass is 10.3. The second-order valence-electron chi connectivity index (χ2n) is 3.60. The summed E-state index contributed by atoms with van der Waals surface area (Å²) in [6.07, 6.45) is 1.78. The summed E-state index contributed by atoms with van der Waals surface area (Å²) in [7, 11) is 0. The van der Waals surface area contributed by atoms with Crippen molar-refractivity contribution in [3.8, 4) is 0 Å². The molecule has 0 aliphatic heterocycles. The summed E-state index contributed by atoms with van der Waals surface area (Å²) >= 11 is 7.50. The Balaban J connectivity index is 1.77. The molecule has 2 aromatic rings. The monoisotopic (exact) mass is 281 g/mol. The smallest absolute Gasteiger partial charge is 0.238 e. The number of nitrogens with zero attached hydrogens (tertiary/aromatic N) is 1. The van der Waals surface area contributed by atoms with Gasteiger partial charge in [0.05, 0.1) is 22.8 Å². The number of nitrogens with one attached hydrogen (secondary N) is 2. The molecule has 0 aliphatic rings. The molecule has 0 atom stereocenters. The first kappa shape index (κ1) is 13.0. The van der Waals surface area contributed by atoms with Crippen molar-refractivity contribution in [1.82, 2.24) is 10.3 Å². The average Bonchev–Trinajstić information content (AvgIpc) is 2.85. The van der Waals surface area contributed by atoms with Crippen molar-refractivity contribution in [2.45, 2.75) is 6.54 Å². The predicted molar refractivity (Wildman–Crippen MR) is 73.9 cm³/mol. The molecule has 0 aliphatic carbocycles. The van der Waals surface area contributed by atoms with Crippen LogP contribution >= 0.6 is 22.9 Å². The summed E-state index contributed by atoms with van der Waals surface area (Å²) in [6.45, 7) is 0.879. The zero-order chi connectivity index (χ0) is 12.8. The quantitative estimate of drug-likeness (QED) is 0.885. The molecule has 1 aromatic carbocycles. The number of thiazole rings is 1. The topological polar surface area (TPSA) is 54.0 Å². The second kappa shape index (κ2) is 6.49. The van der Waals surface area contributed by atoms with Crippen LogP contribution in [-0.4, -0.2) is 17.4 Å². The van der Waals surface area contributed by atoms with Crippen molar-refractivity contribution in [3.05, 3.63) is 45.9 Å². The number of hydrogen-bond acceptors (Lipinski definition) is 4. The van der Waals surface area contributed by atoms with Crippen LogP contribution in [0.25, 0.3) is 0 Å². The number of anilines is 1. The molecule has 6 heteroatoms. The van der Waals surface area contributed by atoms with Gasteiger partial charge in [0.2, 0.25) is 5.91 Å². The standard InChI is InChI=1S/C12H12ClN3OS/c13-10-3-1-2-4-11(10)16-12(17)7-14-5-9-6-15-8-18-9/h1-4,6,8,14H,5,7H2,(H,16,17). The first-order valence-electron chi connectivity index (χ1n) is 5.38. The van der Waals surface area contributed by atoms with Crippen LogP contribution in [0.4, 0.5) is 5.69 Å². The Hall–Kier alpha value is -1.43. The van der Waals surface area contributed by atoms with Crippen LogP contribution in [0.2, 0.25) is 5.02 Å². The highest BCUT2D eigenvalue weighted by molar-refractivity contribution is 7.09. The van der Waals surface area contributed by atoms with E-state index in [0.29, 0.717) is 17.3 Å². The molecule has 94 valence electrons. The lowest BCUT2D eigenvalue weighted by molar-refractivity contribution is -0.115. The van der Waals surface area contributed by atoms with E-state index >= 15 is 0 Å². The molecule has 1 amide bonds. The molecule has 2 rings (SSSR count). The maximum absolute atomic E-state index is 11.6. The van der Waals surface area contributed by atoms with E-state index in [1.807, 2.05) is 12.1 Å². The van der Waals surface area contributed by atoms with Gasteiger partial charge in [0.1, 0.15) is 0 Å². The first-order chi connectivity index (χ1) is 8.75. The number of halogens is 1. The Labute approximate surface area is 114 Å². The van der Waals surface area contributed by atoms with Crippen LogP contribution in [0, 0.1) is 0 Å². The first-order valence-corrected chi connectivity index (χ1v) is 6.64. The molecule has 1 aromatic heterocycles. The third-order valence-electron chi connectivity index (χ3n) is 2.22. The number of carbonyl (C=O) groups is 1. The highest BCUT2D eigenvalue weighted by Crippen LogP contribution is 2.19. The molecule has 2 N–H and O–H groups in total. The van der Waals surface area contributed by atoms with Gasteiger partial charge < -0.3 is 10.6 Å². The fraction of sp³-hybridized carbons (Fsp3) is 0.167. The van der Waals surface area contributed by atoms with Crippen molar-refractivity contribution in [2.75, 3.05) is 11.9 Å². The average molecular weight is 282 g/mol. The summed E-state index contributed by atoms with van der Waals surface area (Å²) in [5.74, 6) is -0.118. The molecule has 0 saturated heterocycles. The van der Waals surface area contributed by atoms with Gasteiger partial charge in [-0.15, -0.1) is 11.3 Å². The number of benzene rings is 1. The van der Waals surface area contributed by atoms with Crippen LogP contribution in [0.1, 0.15) is 4.88 Å². The minimum absolute atomic E-state index is 0.118. The Morgan fingerprint density at radius 1 is 1.39 bits per heavy atom. The molecule has 0 unspecified atom stereocenters. The molecule has 1 heterocycles. The Kier molecular flexibility index (Phi) is 4.69. The molecular weight excluding hydrogens is 270 g/mol. The number of amides is 1. The largest absolute Gasteiger partial charge is 0.324 e. The minimum Gasteiger partial charge on any atom is -0.324 e. The van der Waals surface area contributed by atoms with E-state index in [9.17, 15) is 4.79 Å². The third-order valence-corrected chi connectivity index (χ3v) is 3.33. The molecular formula is C12H12ClN3OS. The predicted octanol–water partition coefficient (Wildman–Crippen LogP) is 2.52. The third kappa shape index (κ3) is 3.80. The van der Waals surface area contributed by atoms with E-state index in [1.165, 1.54) is 0 Å². The zero-order valence-electron chi connectivity index (χ0n) is 9.52. The summed E-state index contributed by atoms with van der Waals surface area (Å²) in [5, 5.41) is 6.32. The van der Waals surface area contributed by atoms with E-state index in [1.54, 1.807) is 35.2 Å². The van der Waals surface area contributed by atoms with E-state index in [4.69, 9.17) is 11.6 Å². The number of para-hydroxylation sites is 1. The normalized spacial score (nSPS) is 10.3. The number of aromatic nitrogens is 1. The molecule has 4 nitrogen and oxygen atoms in total. The van der Waals surface area contributed by atoms with E-state index in [-0.39, 0.29) is 12.5 Å². The van der Waals surface area contributed by atoms with Crippen molar-refractivity contribution in [1.29, 1.82) is 0 Å². The van der Waals surface area contributed by atoms with Crippen LogP contribution < -0.4 is 10.6 Å². The second-order valence-corrected chi connectivity index (χ2v) is 4.98. The van der Waals surface area contributed by atoms with Gasteiger partial charge in [-0.3, -0.25) is 9.78 Å². The van der Waals surface area contributed by atoms with Crippen LogP contribution in [0.5, 0.6) is 0 Å². The number of hydrogen-bond donors (Lipinski definition) is 2. The van der Waals surface area contributed by atoms with Gasteiger partial charge in [0, 0.05) is 17.6 Å². The lowest BCUT2D eigenvalue weighted by Gasteiger charge is -2.07. The van der Waals surface area contributed by atoms with Crippen molar-refractivity contribution in [2.24, 2.45) is 0 Å². The van der Waals surface area contributed by atoms with Gasteiger partial charge in [0.25, 0.3) is 0 Å². The fourth-order valence-corrected chi connectivity index (χ4v) is 2.13. The summed E-state index contributed by atoms with van der Waals surface area (Å²) in [5.41, 5.74) is 2.39. The maximum Gasteiger partial charge on any atom is 0.238 e. The van der Waals surface area contributed by atoms with Gasteiger partial charge in [-0.1, -0.05) is 23.7 Å². The van der Waals surface area contributed by atoms with Crippen LogP contribution in [-0.2, 0) is 11.3 Å². The van der Waals surface area contributed by atoms with Crippen LogP contribution in [0.15, 0.2) is 36.0 Å². The van der Waals surface area contributed by atoms with Gasteiger partial charge >= 0.3 is 0 Å². The Morgan fingerprint density at radius 3 is 2.94 bits per heavy atom. The SMILES string of the molecule is O=C(CNCc1cncs1)Nc1ccccc1Cl. The zero-order valence-corrected chi connectivity index (χ0v) is 11.1. The summed E-state index contributed by atoms with van der Waals surface area (Å²) in [4.78, 5) is 16.7. The number of carbonyl (C=O) groups excluding carboxylic acids is 1. The highest BCUT2D eigenvalue weighted by Gasteiger charge is 2.04. The molecule has 0 radical (unpaired) electrons. The highest BCUT2D eigenvalue weighted by atomic mass is 35.5. The van der Waals surface area contributed by atoms with Crippen molar-refractivity contribution in [3.63, 3.8) is 0 Å². The summed E-state index contributed by atoms with van der Waals surface area (Å²) < 4.78 is 0. The molecule has 0 bridgehead atoms. The number of rotatable bonds is 5. The molecule has 0 saturated carbocycles. The summed E-state index contributed by atoms with van der Waals surface area (Å²) in [6, 6.07) is 7.15. The van der Waals surface area contributed by atoms with Crippen molar-refractivity contribution < 1.29 is 4.79 Å². The minimum atomic E-state index is -0.118. The van der Waals surface area contributed by atoms with Gasteiger partial charge in [-0.2, -0.15) is 0 Å². The van der Waals surface area contributed by atoms with Gasteiger partial charge in [0.15, 0.2) is 0 Å². The van der Waals surface area contributed by atoms with Crippen LogP contribution in [0.3, 0.4) is 0 Å². The van der Waals surface area contributed by atoms with E-state index in [2.05, 4.69) is 15.6 Å².